The Labute approximate surface area is 168 Å². The normalized spacial score (nSPS) is 13.2. The number of aromatic nitrogens is 1. The van der Waals surface area contributed by atoms with Crippen molar-refractivity contribution in [3.63, 3.8) is 0 Å². The first-order chi connectivity index (χ1) is 14.1. The maximum absolute atomic E-state index is 12.3. The zero-order chi connectivity index (χ0) is 20.2. The number of nitrogens with one attached hydrogen (secondary N) is 1. The number of amides is 1. The van der Waals surface area contributed by atoms with Gasteiger partial charge in [-0.2, -0.15) is 0 Å². The molecule has 0 spiro atoms. The van der Waals surface area contributed by atoms with Crippen LogP contribution in [0.1, 0.15) is 22.6 Å². The molecule has 1 atom stereocenters. The van der Waals surface area contributed by atoms with Gasteiger partial charge in [0.25, 0.3) is 0 Å². The van der Waals surface area contributed by atoms with E-state index in [0.29, 0.717) is 5.56 Å². The van der Waals surface area contributed by atoms with Crippen molar-refractivity contribution in [2.24, 2.45) is 0 Å². The molecule has 6 nitrogen and oxygen atoms in total. The highest BCUT2D eigenvalue weighted by atomic mass is 16.5. The summed E-state index contributed by atoms with van der Waals surface area (Å²) >= 11 is 0. The number of carboxylic acid groups (broad SMARTS) is 1. The summed E-state index contributed by atoms with van der Waals surface area (Å²) in [7, 11) is 0. The topological polar surface area (TPSA) is 91.4 Å². The van der Waals surface area contributed by atoms with Gasteiger partial charge in [-0.25, -0.2) is 4.79 Å². The number of nitrogens with zero attached hydrogens (tertiary/aromatic N) is 1. The predicted octanol–water partition coefficient (Wildman–Crippen LogP) is 2.28. The monoisotopic (exact) mass is 387 g/mol. The number of ether oxygens (including phenoxy) is 1. The number of carbonyl (C=O) groups is 2. The lowest BCUT2D eigenvalue weighted by Gasteiger charge is -2.20. The maximum atomic E-state index is 12.3. The van der Waals surface area contributed by atoms with Crippen LogP contribution in [0.25, 0.3) is 11.1 Å². The Morgan fingerprint density at radius 3 is 2.24 bits per heavy atom. The highest BCUT2D eigenvalue weighted by Gasteiger charge is 2.29. The van der Waals surface area contributed by atoms with Crippen LogP contribution in [0, 0.1) is 0 Å². The number of carboxylic acids is 1. The van der Waals surface area contributed by atoms with Crippen LogP contribution in [0.15, 0.2) is 73.1 Å². The van der Waals surface area contributed by atoms with Gasteiger partial charge in [-0.1, -0.05) is 54.6 Å². The molecular formula is C23H19N2O4-. The van der Waals surface area contributed by atoms with Crippen molar-refractivity contribution in [3.05, 3.63) is 89.7 Å². The number of aliphatic carboxylic acids is 1. The van der Waals surface area contributed by atoms with E-state index in [1.807, 2.05) is 48.5 Å². The van der Waals surface area contributed by atoms with Gasteiger partial charge in [-0.15, -0.1) is 0 Å². The number of benzene rings is 2. The molecule has 3 aromatic rings. The van der Waals surface area contributed by atoms with Gasteiger partial charge in [-0.05, 0) is 40.3 Å². The molecule has 0 fully saturated rings. The third kappa shape index (κ3) is 3.96. The summed E-state index contributed by atoms with van der Waals surface area (Å²) in [6.45, 7) is 0.118. The molecule has 0 saturated carbocycles. The lowest BCUT2D eigenvalue weighted by atomic mass is 9.98. The smallest absolute Gasteiger partial charge is 0.407 e. The van der Waals surface area contributed by atoms with E-state index in [4.69, 9.17) is 4.74 Å². The highest BCUT2D eigenvalue weighted by Crippen LogP contribution is 2.44. The third-order valence-electron chi connectivity index (χ3n) is 5.08. The van der Waals surface area contributed by atoms with Gasteiger partial charge >= 0.3 is 6.09 Å². The van der Waals surface area contributed by atoms with E-state index in [1.54, 1.807) is 24.5 Å². The number of pyridine rings is 1. The van der Waals surface area contributed by atoms with Crippen LogP contribution in [0.3, 0.4) is 0 Å². The molecule has 0 radical (unpaired) electrons. The zero-order valence-electron chi connectivity index (χ0n) is 15.6. The SMILES string of the molecule is O=C(N[C@H](Cc1cccnc1)C(=O)[O-])OCC1c2ccccc2-c2ccccc21. The molecule has 1 amide bonds. The Morgan fingerprint density at radius 1 is 1.00 bits per heavy atom. The number of alkyl carbamates (subject to hydrolysis) is 1. The lowest BCUT2D eigenvalue weighted by molar-refractivity contribution is -0.308. The number of rotatable bonds is 6. The van der Waals surface area contributed by atoms with Gasteiger partial charge in [0, 0.05) is 18.3 Å². The molecule has 146 valence electrons. The maximum Gasteiger partial charge on any atom is 0.407 e. The van der Waals surface area contributed by atoms with E-state index in [2.05, 4.69) is 10.3 Å². The lowest BCUT2D eigenvalue weighted by Crippen LogP contribution is -2.49. The van der Waals surface area contributed by atoms with Crippen LogP contribution in [0.4, 0.5) is 4.79 Å². The molecule has 1 aliphatic carbocycles. The quantitative estimate of drug-likeness (QED) is 0.701. The second-order valence-corrected chi connectivity index (χ2v) is 6.91. The highest BCUT2D eigenvalue weighted by molar-refractivity contribution is 5.80. The summed E-state index contributed by atoms with van der Waals surface area (Å²) in [6.07, 6.45) is 2.43. The van der Waals surface area contributed by atoms with Crippen LogP contribution in [-0.4, -0.2) is 29.7 Å². The molecule has 1 aromatic heterocycles. The second-order valence-electron chi connectivity index (χ2n) is 6.91. The summed E-state index contributed by atoms with van der Waals surface area (Å²) in [6, 6.07) is 18.3. The summed E-state index contributed by atoms with van der Waals surface area (Å²) in [5, 5.41) is 13.8. The molecule has 0 bridgehead atoms. The minimum absolute atomic E-state index is 0.0698. The van der Waals surface area contributed by atoms with Crippen molar-refractivity contribution in [1.82, 2.24) is 10.3 Å². The number of hydrogen-bond donors (Lipinski definition) is 1. The minimum atomic E-state index is -1.37. The third-order valence-corrected chi connectivity index (χ3v) is 5.08. The molecular weight excluding hydrogens is 368 g/mol. The Morgan fingerprint density at radius 2 is 1.66 bits per heavy atom. The van der Waals surface area contributed by atoms with E-state index >= 15 is 0 Å². The molecule has 0 unspecified atom stereocenters. The van der Waals surface area contributed by atoms with Crippen LogP contribution < -0.4 is 10.4 Å². The molecule has 6 heteroatoms. The molecule has 2 aromatic carbocycles. The molecule has 0 aliphatic heterocycles. The van der Waals surface area contributed by atoms with Crippen LogP contribution >= 0.6 is 0 Å². The first kappa shape index (κ1) is 18.7. The van der Waals surface area contributed by atoms with E-state index < -0.39 is 18.1 Å². The van der Waals surface area contributed by atoms with Gasteiger partial charge in [0.2, 0.25) is 0 Å². The Kier molecular flexibility index (Phi) is 5.24. The van der Waals surface area contributed by atoms with Crippen molar-refractivity contribution in [2.75, 3.05) is 6.61 Å². The number of hydrogen-bond acceptors (Lipinski definition) is 5. The van der Waals surface area contributed by atoms with Gasteiger partial charge < -0.3 is 20.0 Å². The van der Waals surface area contributed by atoms with Gasteiger partial charge in [0.15, 0.2) is 0 Å². The van der Waals surface area contributed by atoms with Crippen LogP contribution in [0.5, 0.6) is 0 Å². The molecule has 4 rings (SSSR count). The van der Waals surface area contributed by atoms with Gasteiger partial charge in [0.05, 0.1) is 12.0 Å². The summed E-state index contributed by atoms with van der Waals surface area (Å²) < 4.78 is 5.40. The zero-order valence-corrected chi connectivity index (χ0v) is 15.6. The first-order valence-corrected chi connectivity index (χ1v) is 9.35. The molecule has 1 N–H and O–H groups in total. The van der Waals surface area contributed by atoms with Crippen molar-refractivity contribution in [2.45, 2.75) is 18.4 Å². The fourth-order valence-corrected chi connectivity index (χ4v) is 3.73. The minimum Gasteiger partial charge on any atom is -0.548 e. The standard InChI is InChI=1S/C23H20N2O4/c26-22(27)21(12-15-6-5-11-24-13-15)25-23(28)29-14-20-18-9-3-1-7-16(18)17-8-2-4-10-19(17)20/h1-11,13,20-21H,12,14H2,(H,25,28)(H,26,27)/p-1/t21-/m1/s1. The van der Waals surface area contributed by atoms with E-state index in [9.17, 15) is 14.7 Å². The molecule has 29 heavy (non-hydrogen) atoms. The van der Waals surface area contributed by atoms with Crippen molar-refractivity contribution in [3.8, 4) is 11.1 Å². The van der Waals surface area contributed by atoms with Gasteiger partial charge in [0.1, 0.15) is 6.61 Å². The van der Waals surface area contributed by atoms with Crippen LogP contribution in [-0.2, 0) is 16.0 Å². The predicted molar refractivity (Wildman–Crippen MR) is 105 cm³/mol. The van der Waals surface area contributed by atoms with Crippen molar-refractivity contribution < 1.29 is 19.4 Å². The van der Waals surface area contributed by atoms with Crippen molar-refractivity contribution in [1.29, 1.82) is 0 Å². The van der Waals surface area contributed by atoms with E-state index in [1.165, 1.54) is 0 Å². The molecule has 0 saturated heterocycles. The Hall–Kier alpha value is -3.67. The first-order valence-electron chi connectivity index (χ1n) is 9.35. The fraction of sp³-hybridized carbons (Fsp3) is 0.174. The number of carbonyl (C=O) groups excluding carboxylic acids is 2. The fourth-order valence-electron chi connectivity index (χ4n) is 3.73. The van der Waals surface area contributed by atoms with E-state index in [-0.39, 0.29) is 18.9 Å². The largest absolute Gasteiger partial charge is 0.548 e. The molecule has 1 heterocycles. The van der Waals surface area contributed by atoms with E-state index in [0.717, 1.165) is 22.3 Å². The summed E-state index contributed by atoms with van der Waals surface area (Å²) in [5.41, 5.74) is 5.12. The Bertz CT molecular complexity index is 990. The average Bonchev–Trinajstić information content (AvgIpc) is 3.06. The Balaban J connectivity index is 1.43. The van der Waals surface area contributed by atoms with Crippen LogP contribution in [0.2, 0.25) is 0 Å². The summed E-state index contributed by atoms with van der Waals surface area (Å²) in [5.74, 6) is -1.46. The second kappa shape index (κ2) is 8.14. The van der Waals surface area contributed by atoms with Crippen molar-refractivity contribution >= 4 is 12.1 Å². The van der Waals surface area contributed by atoms with Gasteiger partial charge in [-0.3, -0.25) is 4.98 Å². The molecule has 1 aliphatic rings. The average molecular weight is 387 g/mol. The number of fused-ring (bicyclic) bond motifs is 3. The summed E-state index contributed by atoms with van der Waals surface area (Å²) in [4.78, 5) is 27.7.